The van der Waals surface area contributed by atoms with Gasteiger partial charge in [0.2, 0.25) is 0 Å². The fourth-order valence-corrected chi connectivity index (χ4v) is 5.18. The van der Waals surface area contributed by atoms with E-state index >= 15 is 0 Å². The molecule has 0 amide bonds. The second-order valence-corrected chi connectivity index (χ2v) is 9.78. The molecule has 7 nitrogen and oxygen atoms in total. The van der Waals surface area contributed by atoms with Gasteiger partial charge in [-0.2, -0.15) is 0 Å². The Morgan fingerprint density at radius 1 is 1.13 bits per heavy atom. The number of rotatable bonds is 7. The summed E-state index contributed by atoms with van der Waals surface area (Å²) in [5, 5.41) is 9.98. The van der Waals surface area contributed by atoms with Gasteiger partial charge < -0.3 is 9.67 Å². The Morgan fingerprint density at radius 3 is 2.60 bits per heavy atom. The van der Waals surface area contributed by atoms with Crippen LogP contribution in [-0.2, 0) is 21.4 Å². The molecule has 1 N–H and O–H groups in total. The molecule has 0 saturated carbocycles. The fourth-order valence-electron chi connectivity index (χ4n) is 3.33. The molecule has 9 heteroatoms. The van der Waals surface area contributed by atoms with Crippen molar-refractivity contribution < 1.29 is 18.3 Å². The molecule has 3 aromatic heterocycles. The molecule has 0 unspecified atom stereocenters. The molecule has 0 bridgehead atoms. The van der Waals surface area contributed by atoms with Crippen LogP contribution in [-0.4, -0.2) is 38.8 Å². The van der Waals surface area contributed by atoms with Crippen molar-refractivity contribution in [2.24, 2.45) is 0 Å². The van der Waals surface area contributed by atoms with Crippen LogP contribution in [0.1, 0.15) is 6.92 Å². The second kappa shape index (κ2) is 8.00. The number of hydrogen-bond donors (Lipinski definition) is 1. The third kappa shape index (κ3) is 3.73. The summed E-state index contributed by atoms with van der Waals surface area (Å²) in [6.07, 6.45) is 7.99. The number of thioether (sulfide) groups is 1. The Bertz CT molecular complexity index is 1320. The first-order valence-electron chi connectivity index (χ1n) is 9.21. The maximum atomic E-state index is 13.0. The van der Waals surface area contributed by atoms with Crippen molar-refractivity contribution in [3.63, 3.8) is 0 Å². The molecular formula is C21H19N3O4S2. The number of carboxylic acid groups (broad SMARTS) is 1. The van der Waals surface area contributed by atoms with Crippen LogP contribution in [0.25, 0.3) is 22.0 Å². The fraction of sp³-hybridized carbons (Fsp3) is 0.143. The summed E-state index contributed by atoms with van der Waals surface area (Å²) in [6, 6.07) is 10.3. The van der Waals surface area contributed by atoms with Gasteiger partial charge in [0.15, 0.2) is 0 Å². The zero-order valence-electron chi connectivity index (χ0n) is 16.1. The van der Waals surface area contributed by atoms with Crippen LogP contribution < -0.4 is 0 Å². The van der Waals surface area contributed by atoms with Gasteiger partial charge in [-0.15, -0.1) is 11.8 Å². The number of pyridine rings is 1. The van der Waals surface area contributed by atoms with Gasteiger partial charge in [-0.3, -0.25) is 9.78 Å². The summed E-state index contributed by atoms with van der Waals surface area (Å²) in [5.41, 5.74) is 2.10. The van der Waals surface area contributed by atoms with Gasteiger partial charge in [-0.05, 0) is 42.2 Å². The van der Waals surface area contributed by atoms with Crippen molar-refractivity contribution in [3.8, 4) is 11.1 Å². The molecule has 0 saturated heterocycles. The monoisotopic (exact) mass is 441 g/mol. The lowest BCUT2D eigenvalue weighted by molar-refractivity contribution is -0.137. The molecule has 0 atom stereocenters. The molecule has 3 heterocycles. The molecule has 0 aliphatic heterocycles. The van der Waals surface area contributed by atoms with Crippen LogP contribution >= 0.6 is 11.8 Å². The predicted octanol–water partition coefficient (Wildman–Crippen LogP) is 3.94. The Morgan fingerprint density at radius 2 is 1.90 bits per heavy atom. The maximum Gasteiger partial charge on any atom is 0.323 e. The van der Waals surface area contributed by atoms with Crippen molar-refractivity contribution in [2.75, 3.05) is 5.75 Å². The molecule has 154 valence electrons. The van der Waals surface area contributed by atoms with E-state index in [9.17, 15) is 18.3 Å². The SMILES string of the molecule is CCSc1ccc(S(=O)(=O)n2ccc(-c3cn(CC(=O)O)c4cnccc34)c2)cc1. The van der Waals surface area contributed by atoms with Crippen molar-refractivity contribution in [3.05, 3.63) is 67.4 Å². The van der Waals surface area contributed by atoms with Gasteiger partial charge in [0.25, 0.3) is 10.0 Å². The third-order valence-corrected chi connectivity index (χ3v) is 7.22. The number of aliphatic carboxylic acids is 1. The van der Waals surface area contributed by atoms with E-state index in [1.807, 2.05) is 6.92 Å². The molecule has 4 aromatic rings. The summed E-state index contributed by atoms with van der Waals surface area (Å²) in [6.45, 7) is 1.84. The zero-order valence-corrected chi connectivity index (χ0v) is 17.7. The Labute approximate surface area is 178 Å². The van der Waals surface area contributed by atoms with Crippen LogP contribution in [0.3, 0.4) is 0 Å². The minimum Gasteiger partial charge on any atom is -0.480 e. The van der Waals surface area contributed by atoms with Crippen molar-refractivity contribution in [1.29, 1.82) is 0 Å². The first-order chi connectivity index (χ1) is 14.4. The predicted molar refractivity (Wildman–Crippen MR) is 116 cm³/mol. The van der Waals surface area contributed by atoms with Crippen molar-refractivity contribution in [2.45, 2.75) is 23.3 Å². The third-order valence-electron chi connectivity index (χ3n) is 4.68. The van der Waals surface area contributed by atoms with Crippen LogP contribution in [0.2, 0.25) is 0 Å². The lowest BCUT2D eigenvalue weighted by Gasteiger charge is -2.06. The molecule has 0 fully saturated rings. The van der Waals surface area contributed by atoms with E-state index in [1.54, 1.807) is 77.5 Å². The van der Waals surface area contributed by atoms with Crippen LogP contribution in [0.15, 0.2) is 77.2 Å². The lowest BCUT2D eigenvalue weighted by atomic mass is 10.1. The number of fused-ring (bicyclic) bond motifs is 1. The molecule has 4 rings (SSSR count). The summed E-state index contributed by atoms with van der Waals surface area (Å²) in [7, 11) is -3.73. The second-order valence-electron chi connectivity index (χ2n) is 6.60. The minimum atomic E-state index is -3.73. The highest BCUT2D eigenvalue weighted by Gasteiger charge is 2.19. The van der Waals surface area contributed by atoms with Gasteiger partial charge in [0.1, 0.15) is 6.54 Å². The molecular weight excluding hydrogens is 422 g/mol. The van der Waals surface area contributed by atoms with E-state index in [2.05, 4.69) is 4.98 Å². The largest absolute Gasteiger partial charge is 0.480 e. The molecule has 30 heavy (non-hydrogen) atoms. The first-order valence-corrected chi connectivity index (χ1v) is 11.6. The number of hydrogen-bond acceptors (Lipinski definition) is 5. The highest BCUT2D eigenvalue weighted by Crippen LogP contribution is 2.31. The lowest BCUT2D eigenvalue weighted by Crippen LogP contribution is -2.10. The number of carbonyl (C=O) groups is 1. The number of nitrogens with zero attached hydrogens (tertiary/aromatic N) is 3. The van der Waals surface area contributed by atoms with Crippen molar-refractivity contribution in [1.82, 2.24) is 13.5 Å². The highest BCUT2D eigenvalue weighted by molar-refractivity contribution is 7.99. The standard InChI is InChI=1S/C21H19N3O4S2/c1-2-29-16-3-5-17(6-4-16)30(27,28)24-10-8-15(12-24)19-13-23(14-21(25)26)20-11-22-9-7-18(19)20/h3-13H,2,14H2,1H3,(H,25,26). The average Bonchev–Trinajstić information content (AvgIpc) is 3.34. The quantitative estimate of drug-likeness (QED) is 0.437. The van der Waals surface area contributed by atoms with Gasteiger partial charge >= 0.3 is 5.97 Å². The Hall–Kier alpha value is -3.04. The van der Waals surface area contributed by atoms with E-state index in [-0.39, 0.29) is 11.4 Å². The molecule has 0 aliphatic rings. The van der Waals surface area contributed by atoms with Crippen LogP contribution in [0, 0.1) is 0 Å². The smallest absolute Gasteiger partial charge is 0.323 e. The first kappa shape index (κ1) is 20.2. The van der Waals surface area contributed by atoms with Crippen LogP contribution in [0.5, 0.6) is 0 Å². The molecule has 1 aromatic carbocycles. The molecule has 0 radical (unpaired) electrons. The summed E-state index contributed by atoms with van der Waals surface area (Å²) < 4.78 is 28.8. The minimum absolute atomic E-state index is 0.205. The molecule has 0 spiro atoms. The normalized spacial score (nSPS) is 11.8. The molecule has 0 aliphatic carbocycles. The van der Waals surface area contributed by atoms with E-state index in [0.29, 0.717) is 11.1 Å². The van der Waals surface area contributed by atoms with Crippen molar-refractivity contribution >= 4 is 38.7 Å². The van der Waals surface area contributed by atoms with Gasteiger partial charge in [0, 0.05) is 46.2 Å². The van der Waals surface area contributed by atoms with Gasteiger partial charge in [-0.25, -0.2) is 12.4 Å². The van der Waals surface area contributed by atoms with Gasteiger partial charge in [0.05, 0.1) is 16.6 Å². The van der Waals surface area contributed by atoms with E-state index < -0.39 is 16.0 Å². The number of aromatic nitrogens is 3. The number of carboxylic acids is 1. The highest BCUT2D eigenvalue weighted by atomic mass is 32.2. The topological polar surface area (TPSA) is 94.2 Å². The maximum absolute atomic E-state index is 13.0. The number of benzene rings is 1. The van der Waals surface area contributed by atoms with E-state index in [0.717, 1.165) is 21.6 Å². The summed E-state index contributed by atoms with van der Waals surface area (Å²) in [5.74, 6) is -0.0509. The van der Waals surface area contributed by atoms with Gasteiger partial charge in [-0.1, -0.05) is 6.92 Å². The zero-order chi connectivity index (χ0) is 21.3. The van der Waals surface area contributed by atoms with E-state index in [1.165, 1.54) is 10.2 Å². The average molecular weight is 442 g/mol. The Kier molecular flexibility index (Phi) is 5.40. The van der Waals surface area contributed by atoms with Crippen LogP contribution in [0.4, 0.5) is 0 Å². The Balaban J connectivity index is 1.73. The summed E-state index contributed by atoms with van der Waals surface area (Å²) in [4.78, 5) is 16.5. The summed E-state index contributed by atoms with van der Waals surface area (Å²) >= 11 is 1.65. The van der Waals surface area contributed by atoms with E-state index in [4.69, 9.17) is 0 Å².